The number of allylic oxidation sites excluding steroid dienone is 1. The Bertz CT molecular complexity index is 606. The first-order valence-electron chi connectivity index (χ1n) is 10.9. The van der Waals surface area contributed by atoms with Crippen molar-refractivity contribution in [3.63, 3.8) is 0 Å². The van der Waals surface area contributed by atoms with Crippen molar-refractivity contribution in [3.8, 4) is 0 Å². The molecule has 2 saturated heterocycles. The van der Waals surface area contributed by atoms with Gasteiger partial charge >= 0.3 is 0 Å². The molecule has 0 aromatic carbocycles. The van der Waals surface area contributed by atoms with E-state index in [0.29, 0.717) is 12.1 Å². The number of hydrogen-bond acceptors (Lipinski definition) is 6. The van der Waals surface area contributed by atoms with E-state index >= 15 is 0 Å². The molecule has 2 atom stereocenters. The Morgan fingerprint density at radius 1 is 1.14 bits per heavy atom. The van der Waals surface area contributed by atoms with Gasteiger partial charge in [-0.2, -0.15) is 0 Å². The van der Waals surface area contributed by atoms with Gasteiger partial charge in [0.05, 0.1) is 0 Å². The lowest BCUT2D eigenvalue weighted by atomic mass is 10.1. The van der Waals surface area contributed by atoms with Crippen LogP contribution in [0.25, 0.3) is 0 Å². The molecule has 2 unspecified atom stereocenters. The van der Waals surface area contributed by atoms with Crippen molar-refractivity contribution in [3.05, 3.63) is 30.2 Å². The second-order valence-electron chi connectivity index (χ2n) is 8.22. The standard InChI is InChI=1S/C22H37N5S/c1-5-18(2)25(3)13-9-7-6-8-10-19-14-23-22(24-15-19)27-20-11-12-21(27)17-26(16-20)28-4/h14-15,20-21H,2,5-13,16-17H2,1,3-4H3. The third kappa shape index (κ3) is 5.41. The van der Waals surface area contributed by atoms with E-state index in [9.17, 15) is 0 Å². The largest absolute Gasteiger partial charge is 0.378 e. The fraction of sp³-hybridized carbons (Fsp3) is 0.727. The highest BCUT2D eigenvalue weighted by molar-refractivity contribution is 7.96. The smallest absolute Gasteiger partial charge is 0.225 e. The predicted octanol–water partition coefficient (Wildman–Crippen LogP) is 4.37. The summed E-state index contributed by atoms with van der Waals surface area (Å²) in [4.78, 5) is 14.2. The highest BCUT2D eigenvalue weighted by Gasteiger charge is 2.41. The maximum Gasteiger partial charge on any atom is 0.225 e. The molecule has 0 amide bonds. The highest BCUT2D eigenvalue weighted by atomic mass is 32.2. The van der Waals surface area contributed by atoms with E-state index in [0.717, 1.165) is 38.4 Å². The molecule has 0 aliphatic carbocycles. The zero-order chi connectivity index (χ0) is 19.9. The fourth-order valence-corrected chi connectivity index (χ4v) is 5.05. The molecule has 156 valence electrons. The molecule has 5 nitrogen and oxygen atoms in total. The van der Waals surface area contributed by atoms with Gasteiger partial charge in [-0.1, -0.05) is 38.3 Å². The Labute approximate surface area is 175 Å². The molecule has 1 aromatic rings. The van der Waals surface area contributed by atoms with Crippen LogP contribution >= 0.6 is 11.9 Å². The monoisotopic (exact) mass is 403 g/mol. The topological polar surface area (TPSA) is 35.5 Å². The van der Waals surface area contributed by atoms with Crippen LogP contribution in [0.4, 0.5) is 5.95 Å². The van der Waals surface area contributed by atoms with Crippen molar-refractivity contribution >= 4 is 17.9 Å². The maximum atomic E-state index is 4.73. The first kappa shape index (κ1) is 21.4. The Kier molecular flexibility index (Phi) is 8.03. The number of unbranched alkanes of at least 4 members (excludes halogenated alkanes) is 3. The molecule has 0 radical (unpaired) electrons. The molecule has 2 fully saturated rings. The van der Waals surface area contributed by atoms with Gasteiger partial charge in [0, 0.05) is 56.9 Å². The Hall–Kier alpha value is -1.27. The van der Waals surface area contributed by atoms with Gasteiger partial charge in [-0.15, -0.1) is 0 Å². The minimum absolute atomic E-state index is 0.582. The Balaban J connectivity index is 1.38. The van der Waals surface area contributed by atoms with Crippen molar-refractivity contribution < 1.29 is 0 Å². The lowest BCUT2D eigenvalue weighted by Crippen LogP contribution is -2.52. The van der Waals surface area contributed by atoms with Crippen molar-refractivity contribution in [2.45, 2.75) is 70.4 Å². The van der Waals surface area contributed by atoms with Crippen LogP contribution in [0.3, 0.4) is 0 Å². The van der Waals surface area contributed by atoms with Gasteiger partial charge < -0.3 is 9.80 Å². The highest BCUT2D eigenvalue weighted by Crippen LogP contribution is 2.34. The summed E-state index contributed by atoms with van der Waals surface area (Å²) in [5, 5.41) is 0. The van der Waals surface area contributed by atoms with Crippen molar-refractivity contribution in [1.82, 2.24) is 19.2 Å². The number of anilines is 1. The summed E-state index contributed by atoms with van der Waals surface area (Å²) in [7, 11) is 2.15. The van der Waals surface area contributed by atoms with Crippen molar-refractivity contribution in [2.75, 3.05) is 37.8 Å². The van der Waals surface area contributed by atoms with E-state index < -0.39 is 0 Å². The molecule has 2 aliphatic rings. The normalized spacial score (nSPS) is 21.9. The quantitative estimate of drug-likeness (QED) is 0.403. The molecule has 1 aromatic heterocycles. The second-order valence-corrected chi connectivity index (χ2v) is 9.10. The zero-order valence-electron chi connectivity index (χ0n) is 17.9. The van der Waals surface area contributed by atoms with E-state index in [2.05, 4.69) is 53.3 Å². The van der Waals surface area contributed by atoms with Gasteiger partial charge in [0.1, 0.15) is 0 Å². The first-order chi connectivity index (χ1) is 13.6. The summed E-state index contributed by atoms with van der Waals surface area (Å²) in [5.41, 5.74) is 2.51. The van der Waals surface area contributed by atoms with Gasteiger partial charge in [0.25, 0.3) is 0 Å². The van der Waals surface area contributed by atoms with Gasteiger partial charge in [-0.3, -0.25) is 0 Å². The van der Waals surface area contributed by atoms with E-state index in [1.165, 1.54) is 49.8 Å². The van der Waals surface area contributed by atoms with Crippen LogP contribution < -0.4 is 4.90 Å². The SMILES string of the molecule is C=C(CC)N(C)CCCCCCc1cnc(N2C3CCC2CN(SC)C3)nc1. The molecule has 6 heteroatoms. The van der Waals surface area contributed by atoms with Gasteiger partial charge in [-0.25, -0.2) is 14.3 Å². The van der Waals surface area contributed by atoms with Crippen molar-refractivity contribution in [1.29, 1.82) is 0 Å². The second kappa shape index (κ2) is 10.5. The molecule has 0 saturated carbocycles. The molecular formula is C22H37N5S. The number of aromatic nitrogens is 2. The molecular weight excluding hydrogens is 366 g/mol. The van der Waals surface area contributed by atoms with Crippen LogP contribution in [-0.4, -0.2) is 64.2 Å². The van der Waals surface area contributed by atoms with E-state index in [4.69, 9.17) is 9.97 Å². The molecule has 2 aliphatic heterocycles. The van der Waals surface area contributed by atoms with E-state index in [1.807, 2.05) is 11.9 Å². The van der Waals surface area contributed by atoms with Crippen LogP contribution in [0.5, 0.6) is 0 Å². The van der Waals surface area contributed by atoms with Gasteiger partial charge in [0.2, 0.25) is 5.95 Å². The summed E-state index contributed by atoms with van der Waals surface area (Å²) in [6.45, 7) is 9.64. The lowest BCUT2D eigenvalue weighted by molar-refractivity contribution is 0.357. The fourth-order valence-electron chi connectivity index (χ4n) is 4.41. The summed E-state index contributed by atoms with van der Waals surface area (Å²) < 4.78 is 2.49. The number of piperazine rings is 1. The predicted molar refractivity (Wildman–Crippen MR) is 121 cm³/mol. The zero-order valence-corrected chi connectivity index (χ0v) is 18.8. The van der Waals surface area contributed by atoms with Crippen LogP contribution in [0.1, 0.15) is 57.4 Å². The minimum Gasteiger partial charge on any atom is -0.378 e. The summed E-state index contributed by atoms with van der Waals surface area (Å²) >= 11 is 1.87. The average molecular weight is 404 g/mol. The van der Waals surface area contributed by atoms with Gasteiger partial charge in [0.15, 0.2) is 0 Å². The lowest BCUT2D eigenvalue weighted by Gasteiger charge is -2.39. The van der Waals surface area contributed by atoms with E-state index in [-0.39, 0.29) is 0 Å². The average Bonchev–Trinajstić information content (AvgIpc) is 2.99. The van der Waals surface area contributed by atoms with Crippen molar-refractivity contribution in [2.24, 2.45) is 0 Å². The van der Waals surface area contributed by atoms with Crippen LogP contribution in [0.15, 0.2) is 24.7 Å². The van der Waals surface area contributed by atoms with Crippen LogP contribution in [0, 0.1) is 0 Å². The third-order valence-corrected chi connectivity index (χ3v) is 7.10. The third-order valence-electron chi connectivity index (χ3n) is 6.29. The van der Waals surface area contributed by atoms with Gasteiger partial charge in [-0.05, 0) is 50.3 Å². The number of aryl methyl sites for hydroxylation is 1. The Morgan fingerprint density at radius 2 is 1.79 bits per heavy atom. The molecule has 3 heterocycles. The number of fused-ring (bicyclic) bond motifs is 2. The molecule has 28 heavy (non-hydrogen) atoms. The number of rotatable bonds is 11. The number of nitrogens with zero attached hydrogens (tertiary/aromatic N) is 5. The molecule has 3 rings (SSSR count). The maximum absolute atomic E-state index is 4.73. The summed E-state index contributed by atoms with van der Waals surface area (Å²) in [5.74, 6) is 0.941. The summed E-state index contributed by atoms with van der Waals surface area (Å²) in [6, 6.07) is 1.16. The van der Waals surface area contributed by atoms with Crippen LogP contribution in [-0.2, 0) is 6.42 Å². The molecule has 2 bridgehead atoms. The summed E-state index contributed by atoms with van der Waals surface area (Å²) in [6.07, 6.45) is 16.0. The van der Waals surface area contributed by atoms with Crippen LogP contribution in [0.2, 0.25) is 0 Å². The number of hydrogen-bond donors (Lipinski definition) is 0. The Morgan fingerprint density at radius 3 is 2.39 bits per heavy atom. The first-order valence-corrected chi connectivity index (χ1v) is 12.1. The molecule has 0 spiro atoms. The minimum atomic E-state index is 0.582. The molecule has 0 N–H and O–H groups in total. The van der Waals surface area contributed by atoms with E-state index in [1.54, 1.807) is 0 Å².